The van der Waals surface area contributed by atoms with Crippen molar-refractivity contribution in [2.45, 2.75) is 30.3 Å². The fraction of sp³-hybridized carbons (Fsp3) is 0.417. The van der Waals surface area contributed by atoms with Crippen LogP contribution in [0.25, 0.3) is 0 Å². The van der Waals surface area contributed by atoms with Gasteiger partial charge in [0.05, 0.1) is 0 Å². The van der Waals surface area contributed by atoms with Crippen LogP contribution >= 0.6 is 11.3 Å². The van der Waals surface area contributed by atoms with Crippen LogP contribution < -0.4 is 10.0 Å². The quantitative estimate of drug-likeness (QED) is 0.853. The predicted molar refractivity (Wildman–Crippen MR) is 78.4 cm³/mol. The average molecular weight is 312 g/mol. The van der Waals surface area contributed by atoms with Gasteiger partial charge in [0.15, 0.2) is 5.13 Å². The van der Waals surface area contributed by atoms with Crippen molar-refractivity contribution in [1.82, 2.24) is 14.9 Å². The van der Waals surface area contributed by atoms with Gasteiger partial charge in [-0.05, 0) is 26.0 Å². The Labute approximate surface area is 121 Å². The Hall–Kier alpha value is -1.38. The molecule has 1 aliphatic rings. The van der Waals surface area contributed by atoms with E-state index in [0.29, 0.717) is 22.6 Å². The van der Waals surface area contributed by atoms with Crippen molar-refractivity contribution in [3.63, 3.8) is 0 Å². The van der Waals surface area contributed by atoms with Gasteiger partial charge in [0.25, 0.3) is 10.0 Å². The van der Waals surface area contributed by atoms with E-state index in [-0.39, 0.29) is 0 Å². The molecule has 0 radical (unpaired) electrons. The monoisotopic (exact) mass is 312 g/mol. The zero-order valence-electron chi connectivity index (χ0n) is 11.0. The predicted octanol–water partition coefficient (Wildman–Crippen LogP) is 1.80. The summed E-state index contributed by atoms with van der Waals surface area (Å²) in [6, 6.07) is 2.17. The van der Waals surface area contributed by atoms with Crippen LogP contribution in [0.1, 0.15) is 24.6 Å². The Morgan fingerprint density at radius 2 is 2.30 bits per heavy atom. The van der Waals surface area contributed by atoms with Crippen molar-refractivity contribution in [3.05, 3.63) is 29.5 Å². The van der Waals surface area contributed by atoms with Gasteiger partial charge in [0.2, 0.25) is 0 Å². The van der Waals surface area contributed by atoms with E-state index in [1.807, 2.05) is 7.05 Å². The van der Waals surface area contributed by atoms with Gasteiger partial charge >= 0.3 is 0 Å². The Balaban J connectivity index is 1.90. The van der Waals surface area contributed by atoms with Gasteiger partial charge < -0.3 is 9.88 Å². The van der Waals surface area contributed by atoms with Gasteiger partial charge in [-0.2, -0.15) is 0 Å². The van der Waals surface area contributed by atoms with Crippen LogP contribution in [0.2, 0.25) is 0 Å². The molecule has 0 unspecified atom stereocenters. The summed E-state index contributed by atoms with van der Waals surface area (Å²) in [7, 11) is -1.71. The highest BCUT2D eigenvalue weighted by Gasteiger charge is 2.28. The number of hydrogen-bond donors (Lipinski definition) is 2. The molecule has 0 atom stereocenters. The number of thiazole rings is 1. The van der Waals surface area contributed by atoms with Crippen LogP contribution in [-0.2, 0) is 16.6 Å². The fourth-order valence-corrected chi connectivity index (χ4v) is 3.94. The van der Waals surface area contributed by atoms with Crippen LogP contribution in [0.5, 0.6) is 0 Å². The first kappa shape index (κ1) is 13.6. The van der Waals surface area contributed by atoms with Gasteiger partial charge in [-0.1, -0.05) is 0 Å². The van der Waals surface area contributed by atoms with E-state index < -0.39 is 10.0 Å². The molecule has 0 aromatic carbocycles. The molecule has 2 N–H and O–H groups in total. The highest BCUT2D eigenvalue weighted by atomic mass is 32.2. The minimum absolute atomic E-state index is 0.296. The molecule has 1 fully saturated rings. The van der Waals surface area contributed by atoms with Gasteiger partial charge in [-0.3, -0.25) is 4.72 Å². The number of aromatic nitrogens is 2. The van der Waals surface area contributed by atoms with Crippen molar-refractivity contribution in [3.8, 4) is 0 Å². The first-order valence-corrected chi connectivity index (χ1v) is 8.74. The molecule has 0 aliphatic heterocycles. The van der Waals surface area contributed by atoms with Crippen molar-refractivity contribution in [1.29, 1.82) is 0 Å². The number of hydrogen-bond acceptors (Lipinski definition) is 5. The normalized spacial score (nSPS) is 15.4. The number of nitrogens with one attached hydrogen (secondary N) is 2. The zero-order valence-corrected chi connectivity index (χ0v) is 12.7. The number of nitrogens with zero attached hydrogens (tertiary/aromatic N) is 2. The molecule has 2 aromatic heterocycles. The van der Waals surface area contributed by atoms with E-state index in [4.69, 9.17) is 0 Å². The van der Waals surface area contributed by atoms with Gasteiger partial charge in [0.1, 0.15) is 4.90 Å². The van der Waals surface area contributed by atoms with Crippen molar-refractivity contribution in [2.75, 3.05) is 11.8 Å². The molecule has 8 heteroatoms. The lowest BCUT2D eigenvalue weighted by Gasteiger charge is -2.05. The Morgan fingerprint density at radius 3 is 2.90 bits per heavy atom. The van der Waals surface area contributed by atoms with Gasteiger partial charge in [-0.15, -0.1) is 11.3 Å². The number of sulfonamides is 1. The molecular formula is C12H16N4O2S2. The molecule has 3 rings (SSSR count). The summed E-state index contributed by atoms with van der Waals surface area (Å²) in [5, 5.41) is 5.20. The van der Waals surface area contributed by atoms with Crippen LogP contribution in [0.4, 0.5) is 5.13 Å². The molecule has 1 aliphatic carbocycles. The molecule has 2 aromatic rings. The first-order valence-electron chi connectivity index (χ1n) is 6.38. The average Bonchev–Trinajstić information content (AvgIpc) is 2.94. The number of rotatable bonds is 6. The van der Waals surface area contributed by atoms with Gasteiger partial charge in [0, 0.05) is 36.1 Å². The van der Waals surface area contributed by atoms with Crippen LogP contribution in [0.3, 0.4) is 0 Å². The number of anilines is 1. The van der Waals surface area contributed by atoms with E-state index in [2.05, 4.69) is 19.6 Å². The molecule has 108 valence electrons. The summed E-state index contributed by atoms with van der Waals surface area (Å²) in [4.78, 5) is 4.25. The molecule has 2 heterocycles. The largest absolute Gasteiger partial charge is 0.346 e. The lowest BCUT2D eigenvalue weighted by atomic mass is 10.4. The second-order valence-corrected chi connectivity index (χ2v) is 7.36. The minimum atomic E-state index is -3.56. The second-order valence-electron chi connectivity index (χ2n) is 4.78. The Kier molecular flexibility index (Phi) is 3.53. The summed E-state index contributed by atoms with van der Waals surface area (Å²) in [5.41, 5.74) is 0.995. The standard InChI is InChI=1S/C12H16N4O2S2/c1-13-7-10-6-11(8-16(10)9-2-3-9)20(17,18)15-12-14-4-5-19-12/h4-6,8-9,13H,2-3,7H2,1H3,(H,14,15). The summed E-state index contributed by atoms with van der Waals surface area (Å²) >= 11 is 1.26. The Morgan fingerprint density at radius 1 is 1.50 bits per heavy atom. The zero-order chi connectivity index (χ0) is 14.2. The third-order valence-corrected chi connectivity index (χ3v) is 5.29. The third kappa shape index (κ3) is 2.72. The fourth-order valence-electron chi connectivity index (χ4n) is 2.11. The summed E-state index contributed by atoms with van der Waals surface area (Å²) in [6.45, 7) is 0.656. The Bertz CT molecular complexity index is 687. The summed E-state index contributed by atoms with van der Waals surface area (Å²) in [5.74, 6) is 0. The maximum atomic E-state index is 12.3. The molecule has 0 bridgehead atoms. The topological polar surface area (TPSA) is 76.0 Å². The lowest BCUT2D eigenvalue weighted by molar-refractivity contribution is 0.600. The maximum Gasteiger partial charge on any atom is 0.265 e. The van der Waals surface area contributed by atoms with Crippen molar-refractivity contribution in [2.24, 2.45) is 0 Å². The molecule has 0 saturated heterocycles. The minimum Gasteiger partial charge on any atom is -0.346 e. The van der Waals surface area contributed by atoms with E-state index in [0.717, 1.165) is 18.5 Å². The molecule has 6 nitrogen and oxygen atoms in total. The highest BCUT2D eigenvalue weighted by molar-refractivity contribution is 7.93. The smallest absolute Gasteiger partial charge is 0.265 e. The maximum absolute atomic E-state index is 12.3. The lowest BCUT2D eigenvalue weighted by Crippen LogP contribution is -2.12. The molecular weight excluding hydrogens is 296 g/mol. The molecule has 1 saturated carbocycles. The van der Waals surface area contributed by atoms with Gasteiger partial charge in [-0.25, -0.2) is 13.4 Å². The summed E-state index contributed by atoms with van der Waals surface area (Å²) < 4.78 is 29.2. The molecule has 0 spiro atoms. The van der Waals surface area contributed by atoms with E-state index in [9.17, 15) is 8.42 Å². The SMILES string of the molecule is CNCc1cc(S(=O)(=O)Nc2nccs2)cn1C1CC1. The van der Waals surface area contributed by atoms with E-state index in [1.54, 1.807) is 23.8 Å². The summed E-state index contributed by atoms with van der Waals surface area (Å²) in [6.07, 6.45) is 5.53. The third-order valence-electron chi connectivity index (χ3n) is 3.17. The second kappa shape index (κ2) is 5.19. The van der Waals surface area contributed by atoms with Crippen LogP contribution in [0.15, 0.2) is 28.7 Å². The highest BCUT2D eigenvalue weighted by Crippen LogP contribution is 2.37. The van der Waals surface area contributed by atoms with Crippen LogP contribution in [-0.4, -0.2) is 25.0 Å². The molecule has 20 heavy (non-hydrogen) atoms. The van der Waals surface area contributed by atoms with E-state index >= 15 is 0 Å². The first-order chi connectivity index (χ1) is 9.60. The van der Waals surface area contributed by atoms with E-state index in [1.165, 1.54) is 11.3 Å². The molecule has 0 amide bonds. The van der Waals surface area contributed by atoms with Crippen molar-refractivity contribution < 1.29 is 8.42 Å². The van der Waals surface area contributed by atoms with Crippen molar-refractivity contribution >= 4 is 26.5 Å². The van der Waals surface area contributed by atoms with Crippen LogP contribution in [0, 0.1) is 0 Å².